The Balaban J connectivity index is 1.85. The minimum absolute atomic E-state index is 0.0619. The molecule has 23 heavy (non-hydrogen) atoms. The quantitative estimate of drug-likeness (QED) is 0.871. The number of fused-ring (bicyclic) bond motifs is 1. The summed E-state index contributed by atoms with van der Waals surface area (Å²) in [6.45, 7) is 6.22. The normalized spacial score (nSPS) is 13.6. The molecule has 1 aromatic heterocycles. The highest BCUT2D eigenvalue weighted by atomic mass is 16.2. The first-order valence-corrected chi connectivity index (χ1v) is 8.23. The highest BCUT2D eigenvalue weighted by Crippen LogP contribution is 2.31. The number of nitrogens with zero attached hydrogens (tertiary/aromatic N) is 4. The molecule has 5 heteroatoms. The van der Waals surface area contributed by atoms with Gasteiger partial charge in [0.05, 0.1) is 0 Å². The van der Waals surface area contributed by atoms with Crippen LogP contribution in [0.15, 0.2) is 36.4 Å². The van der Waals surface area contributed by atoms with Crippen LogP contribution in [0.2, 0.25) is 0 Å². The molecule has 0 fully saturated rings. The number of carbonyl (C=O) groups is 1. The number of aromatic nitrogens is 2. The van der Waals surface area contributed by atoms with E-state index in [4.69, 9.17) is 0 Å². The molecule has 120 valence electrons. The number of hydrogen-bond acceptors (Lipinski definition) is 4. The number of amides is 1. The molecule has 3 rings (SSSR count). The van der Waals surface area contributed by atoms with Gasteiger partial charge in [-0.2, -0.15) is 0 Å². The first-order chi connectivity index (χ1) is 11.2. The number of para-hydroxylation sites is 1. The van der Waals surface area contributed by atoms with E-state index in [0.717, 1.165) is 25.2 Å². The molecule has 0 unspecified atom stereocenters. The van der Waals surface area contributed by atoms with Gasteiger partial charge in [0, 0.05) is 25.3 Å². The predicted molar refractivity (Wildman–Crippen MR) is 91.1 cm³/mol. The number of carbonyl (C=O) groups excluding carboxylic acids is 1. The molecule has 0 aliphatic carbocycles. The van der Waals surface area contributed by atoms with E-state index in [1.165, 1.54) is 11.3 Å². The van der Waals surface area contributed by atoms with Gasteiger partial charge in [0.1, 0.15) is 0 Å². The first kappa shape index (κ1) is 15.5. The van der Waals surface area contributed by atoms with E-state index in [1.54, 1.807) is 11.0 Å². The number of rotatable bonds is 4. The first-order valence-electron chi connectivity index (χ1n) is 8.23. The van der Waals surface area contributed by atoms with Crippen molar-refractivity contribution in [3.8, 4) is 0 Å². The third kappa shape index (κ3) is 3.04. The average Bonchev–Trinajstić information content (AvgIpc) is 2.62. The second-order valence-electron chi connectivity index (χ2n) is 5.64. The molecule has 1 aliphatic heterocycles. The Kier molecular flexibility index (Phi) is 4.55. The van der Waals surface area contributed by atoms with Crippen LogP contribution < -0.4 is 4.90 Å². The zero-order valence-electron chi connectivity index (χ0n) is 13.7. The van der Waals surface area contributed by atoms with Crippen molar-refractivity contribution in [2.24, 2.45) is 0 Å². The summed E-state index contributed by atoms with van der Waals surface area (Å²) in [7, 11) is 0. The fourth-order valence-electron chi connectivity index (χ4n) is 3.03. The molecule has 0 radical (unpaired) electrons. The number of aryl methyl sites for hydroxylation is 1. The van der Waals surface area contributed by atoms with Gasteiger partial charge >= 0.3 is 0 Å². The summed E-state index contributed by atoms with van der Waals surface area (Å²) in [5, 5.41) is 8.46. The summed E-state index contributed by atoms with van der Waals surface area (Å²) >= 11 is 0. The molecule has 2 aromatic rings. The lowest BCUT2D eigenvalue weighted by Crippen LogP contribution is -2.31. The maximum absolute atomic E-state index is 12.3. The maximum Gasteiger partial charge on any atom is 0.274 e. The van der Waals surface area contributed by atoms with Gasteiger partial charge in [-0.05, 0) is 50.5 Å². The van der Waals surface area contributed by atoms with Crippen LogP contribution in [0, 0.1) is 0 Å². The molecule has 0 saturated carbocycles. The molecule has 0 spiro atoms. The van der Waals surface area contributed by atoms with Crippen LogP contribution in [0.3, 0.4) is 0 Å². The van der Waals surface area contributed by atoms with Crippen molar-refractivity contribution < 1.29 is 4.79 Å². The highest BCUT2D eigenvalue weighted by Gasteiger charge is 2.20. The third-order valence-corrected chi connectivity index (χ3v) is 4.31. The number of benzene rings is 1. The zero-order chi connectivity index (χ0) is 16.2. The van der Waals surface area contributed by atoms with Crippen LogP contribution in [0.25, 0.3) is 0 Å². The summed E-state index contributed by atoms with van der Waals surface area (Å²) in [4.78, 5) is 16.2. The van der Waals surface area contributed by atoms with Gasteiger partial charge in [0.25, 0.3) is 5.91 Å². The molecule has 1 aliphatic rings. The van der Waals surface area contributed by atoms with Crippen molar-refractivity contribution in [2.75, 3.05) is 24.5 Å². The van der Waals surface area contributed by atoms with Crippen molar-refractivity contribution in [1.29, 1.82) is 0 Å². The molecule has 0 N–H and O–H groups in total. The molecule has 0 atom stereocenters. The summed E-state index contributed by atoms with van der Waals surface area (Å²) in [5.74, 6) is 0.737. The smallest absolute Gasteiger partial charge is 0.274 e. The largest absolute Gasteiger partial charge is 0.338 e. The Hall–Kier alpha value is -2.43. The van der Waals surface area contributed by atoms with Crippen molar-refractivity contribution in [2.45, 2.75) is 26.7 Å². The molecule has 2 heterocycles. The summed E-state index contributed by atoms with van der Waals surface area (Å²) < 4.78 is 0. The Morgan fingerprint density at radius 1 is 1.13 bits per heavy atom. The van der Waals surface area contributed by atoms with E-state index in [2.05, 4.69) is 33.3 Å². The molecule has 5 nitrogen and oxygen atoms in total. The lowest BCUT2D eigenvalue weighted by molar-refractivity contribution is 0.0766. The van der Waals surface area contributed by atoms with Crippen LogP contribution in [0.1, 0.15) is 36.3 Å². The minimum atomic E-state index is -0.0619. The van der Waals surface area contributed by atoms with E-state index < -0.39 is 0 Å². The summed E-state index contributed by atoms with van der Waals surface area (Å²) in [6, 6.07) is 12.1. The van der Waals surface area contributed by atoms with Crippen molar-refractivity contribution in [3.63, 3.8) is 0 Å². The van der Waals surface area contributed by atoms with Crippen molar-refractivity contribution in [1.82, 2.24) is 15.1 Å². The highest BCUT2D eigenvalue weighted by molar-refractivity contribution is 5.92. The average molecular weight is 310 g/mol. The van der Waals surface area contributed by atoms with Crippen molar-refractivity contribution in [3.05, 3.63) is 47.7 Å². The molecule has 1 aromatic carbocycles. The Morgan fingerprint density at radius 2 is 1.91 bits per heavy atom. The molecule has 0 bridgehead atoms. The standard InChI is InChI=1S/C18H22N4O/c1-3-21(4-2)18(23)15-11-12-17(20-19-15)22-13-7-9-14-8-5-6-10-16(14)22/h5-6,8,10-12H,3-4,7,9,13H2,1-2H3. The van der Waals surface area contributed by atoms with Gasteiger partial charge in [0.15, 0.2) is 11.5 Å². The van der Waals surface area contributed by atoms with Gasteiger partial charge < -0.3 is 9.80 Å². The van der Waals surface area contributed by atoms with E-state index in [9.17, 15) is 4.79 Å². The van der Waals surface area contributed by atoms with Crippen LogP contribution in [-0.4, -0.2) is 40.6 Å². The van der Waals surface area contributed by atoms with E-state index in [0.29, 0.717) is 18.8 Å². The van der Waals surface area contributed by atoms with E-state index in [1.807, 2.05) is 26.0 Å². The van der Waals surface area contributed by atoms with Crippen LogP contribution in [-0.2, 0) is 6.42 Å². The van der Waals surface area contributed by atoms with Crippen molar-refractivity contribution >= 4 is 17.4 Å². The number of anilines is 2. The summed E-state index contributed by atoms with van der Waals surface area (Å²) in [5.41, 5.74) is 2.93. The monoisotopic (exact) mass is 310 g/mol. The molecular weight excluding hydrogens is 288 g/mol. The van der Waals surface area contributed by atoms with Crippen LogP contribution in [0.5, 0.6) is 0 Å². The Morgan fingerprint density at radius 3 is 2.61 bits per heavy atom. The maximum atomic E-state index is 12.3. The SMILES string of the molecule is CCN(CC)C(=O)c1ccc(N2CCCc3ccccc32)nn1. The molecule has 0 saturated heterocycles. The minimum Gasteiger partial charge on any atom is -0.338 e. The lowest BCUT2D eigenvalue weighted by Gasteiger charge is -2.30. The van der Waals surface area contributed by atoms with Gasteiger partial charge in [-0.15, -0.1) is 10.2 Å². The van der Waals surface area contributed by atoms with Crippen LogP contribution >= 0.6 is 0 Å². The molecular formula is C18H22N4O. The fourth-order valence-corrected chi connectivity index (χ4v) is 3.03. The Labute approximate surface area is 136 Å². The Bertz CT molecular complexity index is 680. The van der Waals surface area contributed by atoms with E-state index >= 15 is 0 Å². The molecule has 1 amide bonds. The lowest BCUT2D eigenvalue weighted by atomic mass is 10.0. The van der Waals surface area contributed by atoms with Gasteiger partial charge in [-0.1, -0.05) is 18.2 Å². The van der Waals surface area contributed by atoms with Gasteiger partial charge in [-0.25, -0.2) is 0 Å². The summed E-state index contributed by atoms with van der Waals surface area (Å²) in [6.07, 6.45) is 2.19. The zero-order valence-corrected chi connectivity index (χ0v) is 13.7. The van der Waals surface area contributed by atoms with Gasteiger partial charge in [0.2, 0.25) is 0 Å². The van der Waals surface area contributed by atoms with Gasteiger partial charge in [-0.3, -0.25) is 4.79 Å². The topological polar surface area (TPSA) is 49.3 Å². The van der Waals surface area contributed by atoms with Crippen LogP contribution in [0.4, 0.5) is 11.5 Å². The van der Waals surface area contributed by atoms with E-state index in [-0.39, 0.29) is 5.91 Å². The predicted octanol–water partition coefficient (Wildman–Crippen LogP) is 3.04. The second kappa shape index (κ2) is 6.77. The fraction of sp³-hybridized carbons (Fsp3) is 0.389. The third-order valence-electron chi connectivity index (χ3n) is 4.31. The second-order valence-corrected chi connectivity index (χ2v) is 5.64. The number of hydrogen-bond donors (Lipinski definition) is 0.